The minimum Gasteiger partial charge on any atom is -0.872 e. The van der Waals surface area contributed by atoms with Gasteiger partial charge in [-0.1, -0.05) is 37.3 Å². The first kappa shape index (κ1) is 11.4. The molecule has 0 N–H and O–H groups in total. The molecule has 2 aromatic rings. The van der Waals surface area contributed by atoms with Gasteiger partial charge in [-0.25, -0.2) is 0 Å². The van der Waals surface area contributed by atoms with E-state index in [1.54, 1.807) is 18.2 Å². The monoisotopic (exact) mass is 226 g/mol. The van der Waals surface area contributed by atoms with E-state index in [9.17, 15) is 5.11 Å². The summed E-state index contributed by atoms with van der Waals surface area (Å²) >= 11 is 0. The van der Waals surface area contributed by atoms with Crippen molar-refractivity contribution in [2.45, 2.75) is 26.2 Å². The largest absolute Gasteiger partial charge is 0.872 e. The Morgan fingerprint density at radius 2 is 1.94 bits per heavy atom. The summed E-state index contributed by atoms with van der Waals surface area (Å²) in [5.41, 5.74) is 1.21. The molecule has 3 heteroatoms. The Morgan fingerprint density at radius 1 is 1.24 bits per heavy atom. The van der Waals surface area contributed by atoms with Gasteiger partial charge in [0.2, 0.25) is 5.39 Å². The van der Waals surface area contributed by atoms with Crippen molar-refractivity contribution in [2.75, 3.05) is 0 Å². The van der Waals surface area contributed by atoms with Gasteiger partial charge >= 0.3 is 5.69 Å². The average Bonchev–Trinajstić information content (AvgIpc) is 2.38. The van der Waals surface area contributed by atoms with Crippen LogP contribution in [0.25, 0.3) is 15.7 Å². The predicted octanol–water partition coefficient (Wildman–Crippen LogP) is 3.74. The number of nitrogens with zero attached hydrogens (tertiary/aromatic N) is 2. The van der Waals surface area contributed by atoms with Gasteiger partial charge in [-0.15, -0.1) is 0 Å². The first-order valence-electron chi connectivity index (χ1n) is 5.84. The van der Waals surface area contributed by atoms with E-state index < -0.39 is 0 Å². The maximum Gasteiger partial charge on any atom is 0.393 e. The van der Waals surface area contributed by atoms with Crippen LogP contribution in [0.4, 0.5) is 5.69 Å². The van der Waals surface area contributed by atoms with E-state index in [2.05, 4.69) is 11.9 Å². The number of hydrogen-bond donors (Lipinski definition) is 0. The van der Waals surface area contributed by atoms with Gasteiger partial charge in [0.05, 0.1) is 5.39 Å². The van der Waals surface area contributed by atoms with Crippen molar-refractivity contribution >= 4 is 16.5 Å². The topological polar surface area (TPSA) is 51.2 Å². The molecule has 0 spiro atoms. The Balaban J connectivity index is 2.64. The molecule has 0 saturated carbocycles. The normalized spacial score (nSPS) is 10.4. The summed E-state index contributed by atoms with van der Waals surface area (Å²) in [6, 6.07) is 8.94. The van der Waals surface area contributed by atoms with Crippen LogP contribution in [0.3, 0.4) is 0 Å². The minimum atomic E-state index is 0.0569. The van der Waals surface area contributed by atoms with E-state index in [1.807, 2.05) is 12.1 Å². The fourth-order valence-electron chi connectivity index (χ4n) is 2.02. The second-order valence-electron chi connectivity index (χ2n) is 4.13. The van der Waals surface area contributed by atoms with Crippen molar-refractivity contribution in [3.8, 4) is 5.75 Å². The van der Waals surface area contributed by atoms with Gasteiger partial charge in [0, 0.05) is 6.07 Å². The summed E-state index contributed by atoms with van der Waals surface area (Å²) in [4.78, 5) is 3.27. The standard InChI is InChI=1S/C14H14N2O/c1-2-3-6-10-9-13(16-15)11-7-4-5-8-12(11)14(10)17/h4-5,7-9H,2-3,6H2,1H3. The van der Waals surface area contributed by atoms with E-state index in [0.717, 1.165) is 24.8 Å². The molecule has 0 bridgehead atoms. The summed E-state index contributed by atoms with van der Waals surface area (Å²) in [5.74, 6) is 0.0569. The van der Waals surface area contributed by atoms with Gasteiger partial charge in [-0.05, 0) is 29.9 Å². The third-order valence-electron chi connectivity index (χ3n) is 2.96. The highest BCUT2D eigenvalue weighted by atomic mass is 16.3. The Labute approximate surface area is 100 Å². The molecule has 0 aromatic heterocycles. The Morgan fingerprint density at radius 3 is 2.59 bits per heavy atom. The lowest BCUT2D eigenvalue weighted by atomic mass is 10.00. The summed E-state index contributed by atoms with van der Waals surface area (Å²) in [5, 5.41) is 22.5. The molecule has 0 saturated heterocycles. The number of rotatable bonds is 3. The van der Waals surface area contributed by atoms with Gasteiger partial charge < -0.3 is 5.11 Å². The maximum atomic E-state index is 12.2. The van der Waals surface area contributed by atoms with Crippen LogP contribution in [0.1, 0.15) is 25.3 Å². The summed E-state index contributed by atoms with van der Waals surface area (Å²) < 4.78 is 0. The molecular formula is C14H14N2O. The maximum absolute atomic E-state index is 12.2. The van der Waals surface area contributed by atoms with Crippen LogP contribution in [0.2, 0.25) is 0 Å². The van der Waals surface area contributed by atoms with Gasteiger partial charge in [0.25, 0.3) is 0 Å². The Kier molecular flexibility index (Phi) is 3.24. The zero-order chi connectivity index (χ0) is 12.3. The fourth-order valence-corrected chi connectivity index (χ4v) is 2.02. The van der Waals surface area contributed by atoms with Crippen molar-refractivity contribution in [3.05, 3.63) is 40.9 Å². The third kappa shape index (κ3) is 2.07. The average molecular weight is 226 g/mol. The lowest BCUT2D eigenvalue weighted by molar-refractivity contribution is -0.266. The summed E-state index contributed by atoms with van der Waals surface area (Å²) in [7, 11) is 0. The van der Waals surface area contributed by atoms with E-state index >= 15 is 0 Å². The molecule has 0 radical (unpaired) electrons. The van der Waals surface area contributed by atoms with E-state index in [4.69, 9.17) is 5.39 Å². The molecule has 0 fully saturated rings. The first-order valence-corrected chi connectivity index (χ1v) is 5.84. The quantitative estimate of drug-likeness (QED) is 0.748. The van der Waals surface area contributed by atoms with Crippen LogP contribution < -0.4 is 5.11 Å². The van der Waals surface area contributed by atoms with E-state index in [1.165, 1.54) is 0 Å². The predicted molar refractivity (Wildman–Crippen MR) is 66.8 cm³/mol. The zero-order valence-electron chi connectivity index (χ0n) is 9.81. The molecule has 0 aliphatic rings. The second kappa shape index (κ2) is 4.84. The number of aryl methyl sites for hydroxylation is 1. The van der Waals surface area contributed by atoms with Gasteiger partial charge in [0.1, 0.15) is 0 Å². The molecule has 0 heterocycles. The second-order valence-corrected chi connectivity index (χ2v) is 4.13. The SMILES string of the molecule is CCCCc1cc([N+]#N)c2ccccc2c1[O-]. The molecular weight excluding hydrogens is 212 g/mol. The van der Waals surface area contributed by atoms with Gasteiger partial charge in [-0.2, -0.15) is 0 Å². The molecule has 0 aliphatic carbocycles. The highest BCUT2D eigenvalue weighted by Gasteiger charge is 2.14. The van der Waals surface area contributed by atoms with Crippen molar-refractivity contribution in [3.63, 3.8) is 0 Å². The van der Waals surface area contributed by atoms with Crippen LogP contribution in [0, 0.1) is 5.39 Å². The third-order valence-corrected chi connectivity index (χ3v) is 2.96. The molecule has 0 amide bonds. The lowest BCUT2D eigenvalue weighted by Crippen LogP contribution is -1.98. The highest BCUT2D eigenvalue weighted by molar-refractivity contribution is 5.98. The van der Waals surface area contributed by atoms with Crippen molar-refractivity contribution < 1.29 is 5.11 Å². The van der Waals surface area contributed by atoms with Crippen molar-refractivity contribution in [1.29, 1.82) is 5.39 Å². The molecule has 0 unspecified atom stereocenters. The van der Waals surface area contributed by atoms with Crippen LogP contribution in [-0.4, -0.2) is 0 Å². The van der Waals surface area contributed by atoms with Crippen LogP contribution in [0.15, 0.2) is 30.3 Å². The molecule has 0 atom stereocenters. The zero-order valence-corrected chi connectivity index (χ0v) is 9.81. The van der Waals surface area contributed by atoms with Crippen molar-refractivity contribution in [2.24, 2.45) is 0 Å². The highest BCUT2D eigenvalue weighted by Crippen LogP contribution is 2.35. The lowest BCUT2D eigenvalue weighted by Gasteiger charge is -2.15. The molecule has 2 rings (SSSR count). The van der Waals surface area contributed by atoms with Crippen molar-refractivity contribution in [1.82, 2.24) is 0 Å². The molecule has 86 valence electrons. The van der Waals surface area contributed by atoms with Crippen LogP contribution in [0.5, 0.6) is 5.75 Å². The number of unbranched alkanes of at least 4 members (excludes halogenated alkanes) is 1. The van der Waals surface area contributed by atoms with Gasteiger partial charge in [0.15, 0.2) is 4.98 Å². The first-order chi connectivity index (χ1) is 8.27. The Bertz CT molecular complexity index is 585. The number of fused-ring (bicyclic) bond motifs is 1. The number of diazo groups is 1. The number of hydrogen-bond acceptors (Lipinski definition) is 2. The molecule has 0 aliphatic heterocycles. The van der Waals surface area contributed by atoms with Crippen LogP contribution in [-0.2, 0) is 6.42 Å². The fraction of sp³-hybridized carbons (Fsp3) is 0.286. The van der Waals surface area contributed by atoms with Crippen LogP contribution >= 0.6 is 0 Å². The van der Waals surface area contributed by atoms with E-state index in [0.29, 0.717) is 16.5 Å². The molecule has 17 heavy (non-hydrogen) atoms. The summed E-state index contributed by atoms with van der Waals surface area (Å²) in [6.07, 6.45) is 2.75. The molecule has 3 nitrogen and oxygen atoms in total. The summed E-state index contributed by atoms with van der Waals surface area (Å²) in [6.45, 7) is 2.09. The smallest absolute Gasteiger partial charge is 0.393 e. The van der Waals surface area contributed by atoms with Gasteiger partial charge in [-0.3, -0.25) is 0 Å². The minimum absolute atomic E-state index is 0.0569. The number of benzene rings is 2. The van der Waals surface area contributed by atoms with E-state index in [-0.39, 0.29) is 5.75 Å². The Hall–Kier alpha value is -2.08. The molecule has 2 aromatic carbocycles.